The number of hydrogen-bond donors (Lipinski definition) is 1. The summed E-state index contributed by atoms with van der Waals surface area (Å²) in [6.07, 6.45) is -3.76. The molecule has 3 aromatic rings. The Balaban J connectivity index is 1.46. The highest BCUT2D eigenvalue weighted by molar-refractivity contribution is 6.00. The molecule has 32 heavy (non-hydrogen) atoms. The lowest BCUT2D eigenvalue weighted by Gasteiger charge is -2.14. The SMILES string of the molecule is COCc1nc2ccccc2c(C)c1C(=O)OCC(=O)Nc1ccc2c(c1)OC(F)(F)O2. The Morgan fingerprint density at radius 2 is 1.88 bits per heavy atom. The normalized spacial score (nSPS) is 13.8. The van der Waals surface area contributed by atoms with Gasteiger partial charge in [-0.2, -0.15) is 0 Å². The Kier molecular flexibility index (Phi) is 5.62. The average molecular weight is 444 g/mol. The summed E-state index contributed by atoms with van der Waals surface area (Å²) in [5, 5.41) is 3.23. The standard InChI is InChI=1S/C22H18F2N2O6/c1-12-14-5-3-4-6-15(14)26-16(10-29-2)20(12)21(28)30-11-19(27)25-13-7-8-17-18(9-13)32-22(23,24)31-17/h3-9H,10-11H2,1-2H3,(H,25,27). The number of benzene rings is 2. The third kappa shape index (κ3) is 4.30. The lowest BCUT2D eigenvalue weighted by atomic mass is 10.0. The molecule has 1 amide bonds. The molecule has 0 bridgehead atoms. The molecule has 0 fully saturated rings. The van der Waals surface area contributed by atoms with E-state index < -0.39 is 24.8 Å². The molecule has 4 rings (SSSR count). The van der Waals surface area contributed by atoms with Gasteiger partial charge in [0.1, 0.15) is 0 Å². The van der Waals surface area contributed by atoms with Gasteiger partial charge in [0.15, 0.2) is 18.1 Å². The zero-order valence-electron chi connectivity index (χ0n) is 17.1. The van der Waals surface area contributed by atoms with Gasteiger partial charge in [0.2, 0.25) is 0 Å². The van der Waals surface area contributed by atoms with Crippen LogP contribution in [0.2, 0.25) is 0 Å². The molecular weight excluding hydrogens is 426 g/mol. The number of carbonyl (C=O) groups excluding carboxylic acids is 2. The number of methoxy groups -OCH3 is 1. The minimum Gasteiger partial charge on any atom is -0.452 e. The minimum atomic E-state index is -3.76. The molecule has 8 nitrogen and oxygen atoms in total. The van der Waals surface area contributed by atoms with Crippen molar-refractivity contribution in [3.8, 4) is 11.5 Å². The Hall–Kier alpha value is -3.79. The number of pyridine rings is 1. The summed E-state index contributed by atoms with van der Waals surface area (Å²) in [4.78, 5) is 29.5. The van der Waals surface area contributed by atoms with Gasteiger partial charge in [-0.3, -0.25) is 4.79 Å². The van der Waals surface area contributed by atoms with Gasteiger partial charge in [-0.15, -0.1) is 8.78 Å². The van der Waals surface area contributed by atoms with Crippen molar-refractivity contribution >= 4 is 28.5 Å². The van der Waals surface area contributed by atoms with Crippen LogP contribution in [-0.2, 0) is 20.9 Å². The van der Waals surface area contributed by atoms with Crippen molar-refractivity contribution in [2.24, 2.45) is 0 Å². The quantitative estimate of drug-likeness (QED) is 0.578. The van der Waals surface area contributed by atoms with E-state index in [4.69, 9.17) is 9.47 Å². The molecule has 166 valence electrons. The van der Waals surface area contributed by atoms with Crippen LogP contribution in [0, 0.1) is 6.92 Å². The number of anilines is 1. The Morgan fingerprint density at radius 3 is 2.66 bits per heavy atom. The van der Waals surface area contributed by atoms with E-state index in [1.54, 1.807) is 6.92 Å². The van der Waals surface area contributed by atoms with E-state index in [-0.39, 0.29) is 29.4 Å². The van der Waals surface area contributed by atoms with E-state index in [0.29, 0.717) is 16.8 Å². The number of esters is 1. The van der Waals surface area contributed by atoms with Crippen molar-refractivity contribution in [1.82, 2.24) is 4.98 Å². The largest absolute Gasteiger partial charge is 0.586 e. The lowest BCUT2D eigenvalue weighted by Crippen LogP contribution is -2.25. The van der Waals surface area contributed by atoms with Crippen molar-refractivity contribution in [3.05, 3.63) is 59.3 Å². The third-order valence-electron chi connectivity index (χ3n) is 4.73. The number of amides is 1. The molecule has 0 aliphatic carbocycles. The first-order valence-corrected chi connectivity index (χ1v) is 9.51. The van der Waals surface area contributed by atoms with E-state index in [1.165, 1.54) is 25.3 Å². The number of para-hydroxylation sites is 1. The highest BCUT2D eigenvalue weighted by Gasteiger charge is 2.43. The molecular formula is C22H18F2N2O6. The number of alkyl halides is 2. The zero-order valence-corrected chi connectivity index (χ0v) is 17.1. The highest BCUT2D eigenvalue weighted by Crippen LogP contribution is 2.42. The second kappa shape index (κ2) is 8.39. The monoisotopic (exact) mass is 444 g/mol. The first-order valence-electron chi connectivity index (χ1n) is 9.51. The van der Waals surface area contributed by atoms with Crippen LogP contribution in [-0.4, -0.2) is 36.9 Å². The first kappa shape index (κ1) is 21.4. The summed E-state index contributed by atoms with van der Waals surface area (Å²) in [5.74, 6) is -1.76. The number of hydrogen-bond acceptors (Lipinski definition) is 7. The minimum absolute atomic E-state index is 0.0874. The number of halogens is 2. The summed E-state index contributed by atoms with van der Waals surface area (Å²) >= 11 is 0. The number of rotatable bonds is 6. The van der Waals surface area contributed by atoms with Crippen LogP contribution in [0.3, 0.4) is 0 Å². The number of fused-ring (bicyclic) bond motifs is 2. The fourth-order valence-corrected chi connectivity index (χ4v) is 3.38. The van der Waals surface area contributed by atoms with Crippen molar-refractivity contribution in [3.63, 3.8) is 0 Å². The molecule has 2 heterocycles. The Morgan fingerprint density at radius 1 is 1.12 bits per heavy atom. The van der Waals surface area contributed by atoms with Crippen LogP contribution in [0.15, 0.2) is 42.5 Å². The number of nitrogens with zero attached hydrogens (tertiary/aromatic N) is 1. The Bertz CT molecular complexity index is 1210. The fourth-order valence-electron chi connectivity index (χ4n) is 3.38. The van der Waals surface area contributed by atoms with Gasteiger partial charge in [-0.25, -0.2) is 9.78 Å². The maximum absolute atomic E-state index is 13.1. The molecule has 0 saturated carbocycles. The molecule has 0 unspecified atom stereocenters. The lowest BCUT2D eigenvalue weighted by molar-refractivity contribution is -0.286. The molecule has 1 aromatic heterocycles. The zero-order chi connectivity index (χ0) is 22.9. The fraction of sp³-hybridized carbons (Fsp3) is 0.227. The molecule has 1 aliphatic heterocycles. The van der Waals surface area contributed by atoms with E-state index in [1.807, 2.05) is 24.3 Å². The maximum atomic E-state index is 13.1. The van der Waals surface area contributed by atoms with E-state index in [2.05, 4.69) is 19.8 Å². The molecule has 1 N–H and O–H groups in total. The first-order chi connectivity index (χ1) is 15.3. The molecule has 0 spiro atoms. The molecule has 0 saturated heterocycles. The predicted octanol–water partition coefficient (Wildman–Crippen LogP) is 3.81. The number of nitrogens with one attached hydrogen (secondary N) is 1. The molecule has 2 aromatic carbocycles. The predicted molar refractivity (Wildman–Crippen MR) is 109 cm³/mol. The number of aromatic nitrogens is 1. The van der Waals surface area contributed by atoms with Crippen molar-refractivity contribution in [2.45, 2.75) is 19.8 Å². The summed E-state index contributed by atoms with van der Waals surface area (Å²) in [6.45, 7) is 1.26. The van der Waals surface area contributed by atoms with Crippen LogP contribution in [0.25, 0.3) is 10.9 Å². The van der Waals surface area contributed by atoms with E-state index in [9.17, 15) is 18.4 Å². The van der Waals surface area contributed by atoms with Crippen LogP contribution in [0.5, 0.6) is 11.5 Å². The van der Waals surface area contributed by atoms with Gasteiger partial charge in [0.05, 0.1) is 23.4 Å². The molecule has 1 aliphatic rings. The smallest absolute Gasteiger partial charge is 0.452 e. The van der Waals surface area contributed by atoms with Crippen LogP contribution in [0.4, 0.5) is 14.5 Å². The van der Waals surface area contributed by atoms with Crippen LogP contribution in [0.1, 0.15) is 21.6 Å². The van der Waals surface area contributed by atoms with Crippen molar-refractivity contribution in [1.29, 1.82) is 0 Å². The number of aryl methyl sites for hydroxylation is 1. The third-order valence-corrected chi connectivity index (χ3v) is 4.73. The molecule has 0 radical (unpaired) electrons. The van der Waals surface area contributed by atoms with Gasteiger partial charge in [-0.05, 0) is 30.7 Å². The van der Waals surface area contributed by atoms with Gasteiger partial charge in [0, 0.05) is 24.2 Å². The molecule has 10 heteroatoms. The van der Waals surface area contributed by atoms with Gasteiger partial charge in [-0.1, -0.05) is 18.2 Å². The number of carbonyl (C=O) groups is 2. The van der Waals surface area contributed by atoms with Crippen LogP contribution < -0.4 is 14.8 Å². The topological polar surface area (TPSA) is 96.0 Å². The van der Waals surface area contributed by atoms with Crippen molar-refractivity contribution in [2.75, 3.05) is 19.0 Å². The van der Waals surface area contributed by atoms with Crippen molar-refractivity contribution < 1.29 is 37.3 Å². The van der Waals surface area contributed by atoms with Crippen LogP contribution >= 0.6 is 0 Å². The maximum Gasteiger partial charge on any atom is 0.586 e. The summed E-state index contributed by atoms with van der Waals surface area (Å²) < 4.78 is 45.2. The van der Waals surface area contributed by atoms with E-state index >= 15 is 0 Å². The number of ether oxygens (including phenoxy) is 4. The highest BCUT2D eigenvalue weighted by atomic mass is 19.3. The van der Waals surface area contributed by atoms with Gasteiger partial charge < -0.3 is 24.3 Å². The Labute approximate surface area is 181 Å². The van der Waals surface area contributed by atoms with Gasteiger partial charge >= 0.3 is 12.3 Å². The van der Waals surface area contributed by atoms with E-state index in [0.717, 1.165) is 5.39 Å². The summed E-state index contributed by atoms with van der Waals surface area (Å²) in [5.41, 5.74) is 2.16. The summed E-state index contributed by atoms with van der Waals surface area (Å²) in [6, 6.07) is 11.1. The average Bonchev–Trinajstić information content (AvgIpc) is 3.05. The second-order valence-corrected chi connectivity index (χ2v) is 6.96. The second-order valence-electron chi connectivity index (χ2n) is 6.96. The van der Waals surface area contributed by atoms with Gasteiger partial charge in [0.25, 0.3) is 5.91 Å². The molecule has 0 atom stereocenters. The summed E-state index contributed by atoms with van der Waals surface area (Å²) in [7, 11) is 1.48.